The van der Waals surface area contributed by atoms with E-state index < -0.39 is 0 Å². The number of nitrogens with zero attached hydrogens (tertiary/aromatic N) is 2. The first-order valence-electron chi connectivity index (χ1n) is 6.45. The maximum absolute atomic E-state index is 12.4. The van der Waals surface area contributed by atoms with Crippen LogP contribution in [0.4, 0.5) is 0 Å². The lowest BCUT2D eigenvalue weighted by atomic mass is 10.0. The van der Waals surface area contributed by atoms with Gasteiger partial charge in [0.05, 0.1) is 22.8 Å². The Morgan fingerprint density at radius 2 is 2.10 bits per heavy atom. The van der Waals surface area contributed by atoms with E-state index in [1.54, 1.807) is 4.68 Å². The van der Waals surface area contributed by atoms with Crippen LogP contribution >= 0.6 is 27.5 Å². The smallest absolute Gasteiger partial charge is 0.168 e. The number of carbonyl (C=O) groups excluding carboxylic acids is 1. The number of carbonyl (C=O) groups is 1. The highest BCUT2D eigenvalue weighted by atomic mass is 79.9. The van der Waals surface area contributed by atoms with Gasteiger partial charge in [0, 0.05) is 16.6 Å². The molecule has 0 bridgehead atoms. The Bertz CT molecular complexity index is 664. The quantitative estimate of drug-likeness (QED) is 0.764. The molecule has 106 valence electrons. The van der Waals surface area contributed by atoms with Gasteiger partial charge in [-0.2, -0.15) is 5.10 Å². The summed E-state index contributed by atoms with van der Waals surface area (Å²) >= 11 is 9.67. The topological polar surface area (TPSA) is 34.9 Å². The molecule has 0 N–H and O–H groups in total. The Kier molecular flexibility index (Phi) is 4.66. The molecule has 0 saturated carbocycles. The summed E-state index contributed by atoms with van der Waals surface area (Å²) in [4.78, 5) is 12.4. The molecule has 3 nitrogen and oxygen atoms in total. The van der Waals surface area contributed by atoms with Gasteiger partial charge in [0.25, 0.3) is 0 Å². The van der Waals surface area contributed by atoms with Crippen molar-refractivity contribution in [3.05, 3.63) is 50.2 Å². The number of ketones is 1. The average molecular weight is 356 g/mol. The maximum Gasteiger partial charge on any atom is 0.168 e. The minimum Gasteiger partial charge on any atom is -0.294 e. The van der Waals surface area contributed by atoms with E-state index in [9.17, 15) is 4.79 Å². The van der Waals surface area contributed by atoms with Gasteiger partial charge >= 0.3 is 0 Å². The van der Waals surface area contributed by atoms with Crippen molar-refractivity contribution in [1.82, 2.24) is 9.78 Å². The summed E-state index contributed by atoms with van der Waals surface area (Å²) < 4.78 is 2.79. The Hall–Kier alpha value is -1.13. The first kappa shape index (κ1) is 15.3. The number of aromatic nitrogens is 2. The van der Waals surface area contributed by atoms with Crippen LogP contribution in [0.5, 0.6) is 0 Å². The lowest BCUT2D eigenvalue weighted by Crippen LogP contribution is -2.10. The SMILES string of the molecule is CCn1nc(C)c(Cl)c1CC(=O)c1ccc(Br)c(C)c1. The fourth-order valence-corrected chi connectivity index (χ4v) is 2.56. The summed E-state index contributed by atoms with van der Waals surface area (Å²) in [5.41, 5.74) is 3.30. The van der Waals surface area contributed by atoms with E-state index in [-0.39, 0.29) is 12.2 Å². The molecule has 0 radical (unpaired) electrons. The molecule has 1 aromatic heterocycles. The molecule has 0 unspecified atom stereocenters. The van der Waals surface area contributed by atoms with Crippen LogP contribution in [-0.4, -0.2) is 15.6 Å². The van der Waals surface area contributed by atoms with Crippen molar-refractivity contribution in [2.45, 2.75) is 33.7 Å². The highest BCUT2D eigenvalue weighted by Crippen LogP contribution is 2.23. The van der Waals surface area contributed by atoms with Gasteiger partial charge in [0.15, 0.2) is 5.78 Å². The van der Waals surface area contributed by atoms with Crippen LogP contribution in [0.15, 0.2) is 22.7 Å². The second kappa shape index (κ2) is 6.10. The van der Waals surface area contributed by atoms with Crippen LogP contribution in [0.25, 0.3) is 0 Å². The van der Waals surface area contributed by atoms with Crippen LogP contribution in [0, 0.1) is 13.8 Å². The standard InChI is InChI=1S/C15H16BrClN2O/c1-4-19-13(15(17)10(3)18-19)8-14(20)11-5-6-12(16)9(2)7-11/h5-7H,4,8H2,1-3H3. The molecule has 2 aromatic rings. The van der Waals surface area contributed by atoms with Crippen molar-refractivity contribution in [1.29, 1.82) is 0 Å². The van der Waals surface area contributed by atoms with Gasteiger partial charge in [0.2, 0.25) is 0 Å². The van der Waals surface area contributed by atoms with Gasteiger partial charge < -0.3 is 0 Å². The molecule has 1 aromatic carbocycles. The normalized spacial score (nSPS) is 10.8. The van der Waals surface area contributed by atoms with Crippen LogP contribution in [0.1, 0.15) is 34.2 Å². The molecule has 0 amide bonds. The van der Waals surface area contributed by atoms with E-state index in [0.29, 0.717) is 17.1 Å². The number of aryl methyl sites for hydroxylation is 3. The third-order valence-electron chi connectivity index (χ3n) is 3.26. The fraction of sp³-hybridized carbons (Fsp3) is 0.333. The zero-order chi connectivity index (χ0) is 14.9. The van der Waals surface area contributed by atoms with Crippen molar-refractivity contribution in [3.63, 3.8) is 0 Å². The number of benzene rings is 1. The van der Waals surface area contributed by atoms with Crippen molar-refractivity contribution < 1.29 is 4.79 Å². The molecule has 0 spiro atoms. The molecular weight excluding hydrogens is 340 g/mol. The Morgan fingerprint density at radius 3 is 2.70 bits per heavy atom. The Morgan fingerprint density at radius 1 is 1.40 bits per heavy atom. The second-order valence-corrected chi connectivity index (χ2v) is 5.96. The predicted molar refractivity (Wildman–Crippen MR) is 84.6 cm³/mol. The van der Waals surface area contributed by atoms with Gasteiger partial charge in [-0.3, -0.25) is 9.48 Å². The maximum atomic E-state index is 12.4. The average Bonchev–Trinajstić information content (AvgIpc) is 2.69. The summed E-state index contributed by atoms with van der Waals surface area (Å²) in [6, 6.07) is 5.61. The summed E-state index contributed by atoms with van der Waals surface area (Å²) in [7, 11) is 0. The van der Waals surface area contributed by atoms with Crippen LogP contribution in [0.3, 0.4) is 0 Å². The number of rotatable bonds is 4. The van der Waals surface area contributed by atoms with Crippen LogP contribution in [-0.2, 0) is 13.0 Å². The third-order valence-corrected chi connectivity index (χ3v) is 4.64. The number of hydrogen-bond acceptors (Lipinski definition) is 2. The van der Waals surface area contributed by atoms with Gasteiger partial charge in [0.1, 0.15) is 0 Å². The molecule has 0 aliphatic carbocycles. The minimum atomic E-state index is 0.0529. The monoisotopic (exact) mass is 354 g/mol. The van der Waals surface area contributed by atoms with Crippen LogP contribution in [0.2, 0.25) is 5.02 Å². The largest absolute Gasteiger partial charge is 0.294 e. The van der Waals surface area contributed by atoms with Crippen molar-refractivity contribution in [3.8, 4) is 0 Å². The summed E-state index contributed by atoms with van der Waals surface area (Å²) in [5.74, 6) is 0.0529. The molecule has 2 rings (SSSR count). The van der Waals surface area contributed by atoms with Crippen molar-refractivity contribution in [2.75, 3.05) is 0 Å². The van der Waals surface area contributed by atoms with E-state index in [4.69, 9.17) is 11.6 Å². The fourth-order valence-electron chi connectivity index (χ4n) is 2.11. The molecule has 0 fully saturated rings. The molecule has 5 heteroatoms. The highest BCUT2D eigenvalue weighted by Gasteiger charge is 2.17. The third kappa shape index (κ3) is 2.96. The summed E-state index contributed by atoms with van der Waals surface area (Å²) in [5, 5.41) is 4.92. The van der Waals surface area contributed by atoms with E-state index >= 15 is 0 Å². The van der Waals surface area contributed by atoms with Gasteiger partial charge in [-0.05, 0) is 38.5 Å². The predicted octanol–water partition coefficient (Wildman–Crippen LogP) is 4.36. The summed E-state index contributed by atoms with van der Waals surface area (Å²) in [6.07, 6.45) is 0.272. The van der Waals surface area contributed by atoms with E-state index in [1.807, 2.05) is 39.0 Å². The molecule has 0 aliphatic heterocycles. The Labute approximate surface area is 132 Å². The van der Waals surface area contributed by atoms with E-state index in [2.05, 4.69) is 21.0 Å². The van der Waals surface area contributed by atoms with Crippen LogP contribution < -0.4 is 0 Å². The first-order chi connectivity index (χ1) is 9.43. The molecule has 20 heavy (non-hydrogen) atoms. The zero-order valence-corrected chi connectivity index (χ0v) is 14.0. The first-order valence-corrected chi connectivity index (χ1v) is 7.62. The van der Waals surface area contributed by atoms with Gasteiger partial charge in [-0.15, -0.1) is 0 Å². The lowest BCUT2D eigenvalue weighted by Gasteiger charge is -2.06. The molecule has 1 heterocycles. The van der Waals surface area contributed by atoms with E-state index in [1.165, 1.54) is 0 Å². The number of halogens is 2. The molecule has 0 aliphatic rings. The molecule has 0 saturated heterocycles. The minimum absolute atomic E-state index is 0.0529. The molecular formula is C15H16BrClN2O. The lowest BCUT2D eigenvalue weighted by molar-refractivity contribution is 0.0990. The van der Waals surface area contributed by atoms with Gasteiger partial charge in [-0.1, -0.05) is 33.6 Å². The second-order valence-electron chi connectivity index (χ2n) is 4.73. The van der Waals surface area contributed by atoms with E-state index in [0.717, 1.165) is 21.4 Å². The zero-order valence-electron chi connectivity index (χ0n) is 11.7. The number of hydrogen-bond donors (Lipinski definition) is 0. The number of Topliss-reactive ketones (excluding diaryl/α,β-unsaturated/α-hetero) is 1. The Balaban J connectivity index is 2.30. The summed E-state index contributed by atoms with van der Waals surface area (Å²) in [6.45, 7) is 6.51. The highest BCUT2D eigenvalue weighted by molar-refractivity contribution is 9.10. The van der Waals surface area contributed by atoms with Gasteiger partial charge in [-0.25, -0.2) is 0 Å². The molecule has 0 atom stereocenters. The van der Waals surface area contributed by atoms with Crippen molar-refractivity contribution in [2.24, 2.45) is 0 Å². The van der Waals surface area contributed by atoms with Crippen molar-refractivity contribution >= 4 is 33.3 Å².